The molecule has 20 heavy (non-hydrogen) atoms. The highest BCUT2D eigenvalue weighted by Crippen LogP contribution is 2.15. The van der Waals surface area contributed by atoms with Gasteiger partial charge in [-0.15, -0.1) is 5.10 Å². The van der Waals surface area contributed by atoms with Crippen LogP contribution in [-0.4, -0.2) is 31.9 Å². The molecule has 0 aliphatic carbocycles. The number of aromatic nitrogens is 4. The predicted octanol–water partition coefficient (Wildman–Crippen LogP) is 1.32. The zero-order valence-electron chi connectivity index (χ0n) is 11.1. The van der Waals surface area contributed by atoms with Crippen LogP contribution < -0.4 is 5.32 Å². The Morgan fingerprint density at radius 1 is 1.45 bits per heavy atom. The van der Waals surface area contributed by atoms with E-state index in [1.807, 2.05) is 6.92 Å². The van der Waals surface area contributed by atoms with Gasteiger partial charge in [0.05, 0.1) is 11.8 Å². The summed E-state index contributed by atoms with van der Waals surface area (Å²) in [6, 6.07) is 5.87. The Balaban J connectivity index is 1.85. The van der Waals surface area contributed by atoms with Crippen molar-refractivity contribution in [1.82, 2.24) is 25.5 Å². The second-order valence-corrected chi connectivity index (χ2v) is 5.16. The second-order valence-electron chi connectivity index (χ2n) is 4.21. The molecule has 0 unspecified atom stereocenters. The van der Waals surface area contributed by atoms with Crippen LogP contribution in [0.1, 0.15) is 18.5 Å². The number of hydrogen-bond acceptors (Lipinski definition) is 5. The van der Waals surface area contributed by atoms with Gasteiger partial charge >= 0.3 is 0 Å². The molecule has 1 amide bonds. The molecule has 0 radical (unpaired) electrons. The first-order chi connectivity index (χ1) is 9.56. The molecule has 0 fully saturated rings. The Kier molecular flexibility index (Phi) is 4.67. The molecule has 8 heteroatoms. The van der Waals surface area contributed by atoms with Crippen molar-refractivity contribution >= 4 is 17.7 Å². The minimum Gasteiger partial charge on any atom is -0.349 e. The highest BCUT2D eigenvalue weighted by Gasteiger charge is 2.11. The van der Waals surface area contributed by atoms with Gasteiger partial charge < -0.3 is 5.32 Å². The molecule has 2 rings (SSSR count). The predicted molar refractivity (Wildman–Crippen MR) is 72.5 cm³/mol. The van der Waals surface area contributed by atoms with E-state index in [1.165, 1.54) is 28.6 Å². The van der Waals surface area contributed by atoms with E-state index >= 15 is 0 Å². The van der Waals surface area contributed by atoms with Gasteiger partial charge in [-0.3, -0.25) is 4.79 Å². The Morgan fingerprint density at radius 3 is 2.75 bits per heavy atom. The maximum Gasteiger partial charge on any atom is 0.230 e. The molecule has 1 atom stereocenters. The number of carbonyl (C=O) groups excluding carboxylic acids is 1. The van der Waals surface area contributed by atoms with Gasteiger partial charge in [0.2, 0.25) is 11.1 Å². The number of thioether (sulfide) groups is 1. The Labute approximate surface area is 119 Å². The van der Waals surface area contributed by atoms with E-state index in [4.69, 9.17) is 0 Å². The summed E-state index contributed by atoms with van der Waals surface area (Å²) in [5, 5.41) is 14.4. The molecule has 2 aromatic rings. The lowest BCUT2D eigenvalue weighted by Gasteiger charge is -2.13. The number of nitrogens with one attached hydrogen (secondary N) is 1. The first-order valence-electron chi connectivity index (χ1n) is 5.96. The average molecular weight is 295 g/mol. The number of rotatable bonds is 5. The highest BCUT2D eigenvalue weighted by molar-refractivity contribution is 7.99. The van der Waals surface area contributed by atoms with Crippen LogP contribution >= 0.6 is 11.8 Å². The molecule has 1 N–H and O–H groups in total. The standard InChI is InChI=1S/C12H14FN5OS/c1-8(9-3-5-10(13)6-4-9)14-11(19)7-20-12-15-16-17-18(12)2/h3-6,8H,7H2,1-2H3,(H,14,19)/t8-/m1/s1. The Hall–Kier alpha value is -1.96. The van der Waals surface area contributed by atoms with Gasteiger partial charge in [0.25, 0.3) is 0 Å². The van der Waals surface area contributed by atoms with Crippen LogP contribution in [0.2, 0.25) is 0 Å². The van der Waals surface area contributed by atoms with Crippen molar-refractivity contribution in [1.29, 1.82) is 0 Å². The number of benzene rings is 1. The third kappa shape index (κ3) is 3.77. The number of nitrogens with zero attached hydrogens (tertiary/aromatic N) is 4. The SMILES string of the molecule is C[C@@H](NC(=O)CSc1nnnn1C)c1ccc(F)cc1. The van der Waals surface area contributed by atoms with Crippen molar-refractivity contribution in [2.24, 2.45) is 7.05 Å². The van der Waals surface area contributed by atoms with Gasteiger partial charge in [-0.1, -0.05) is 23.9 Å². The van der Waals surface area contributed by atoms with Gasteiger partial charge in [0, 0.05) is 7.05 Å². The van der Waals surface area contributed by atoms with Crippen LogP contribution in [0.4, 0.5) is 4.39 Å². The number of amides is 1. The third-order valence-electron chi connectivity index (χ3n) is 2.66. The van der Waals surface area contributed by atoms with Crippen molar-refractivity contribution < 1.29 is 9.18 Å². The molecule has 1 aromatic carbocycles. The van der Waals surface area contributed by atoms with Crippen LogP contribution in [0.3, 0.4) is 0 Å². The molecule has 0 saturated heterocycles. The number of hydrogen-bond donors (Lipinski definition) is 1. The van der Waals surface area contributed by atoms with E-state index in [0.717, 1.165) is 5.56 Å². The summed E-state index contributed by atoms with van der Waals surface area (Å²) in [6.45, 7) is 1.85. The number of tetrazole rings is 1. The number of carbonyl (C=O) groups is 1. The van der Waals surface area contributed by atoms with Crippen LogP contribution in [0.25, 0.3) is 0 Å². The van der Waals surface area contributed by atoms with Crippen molar-refractivity contribution in [2.75, 3.05) is 5.75 Å². The minimum absolute atomic E-state index is 0.130. The first kappa shape index (κ1) is 14.4. The van der Waals surface area contributed by atoms with E-state index in [2.05, 4.69) is 20.8 Å². The van der Waals surface area contributed by atoms with Crippen molar-refractivity contribution in [3.63, 3.8) is 0 Å². The fourth-order valence-corrected chi connectivity index (χ4v) is 2.25. The molecule has 1 heterocycles. The topological polar surface area (TPSA) is 72.7 Å². The highest BCUT2D eigenvalue weighted by atomic mass is 32.2. The molecular formula is C12H14FN5OS. The number of halogens is 1. The molecular weight excluding hydrogens is 281 g/mol. The smallest absolute Gasteiger partial charge is 0.230 e. The summed E-state index contributed by atoms with van der Waals surface area (Å²) in [5.41, 5.74) is 0.852. The molecule has 106 valence electrons. The van der Waals surface area contributed by atoms with E-state index in [1.54, 1.807) is 19.2 Å². The van der Waals surface area contributed by atoms with Gasteiger partial charge in [-0.25, -0.2) is 9.07 Å². The minimum atomic E-state index is -0.294. The van der Waals surface area contributed by atoms with E-state index in [0.29, 0.717) is 5.16 Å². The molecule has 0 aliphatic heterocycles. The van der Waals surface area contributed by atoms with Gasteiger partial charge in [0.1, 0.15) is 5.82 Å². The zero-order valence-corrected chi connectivity index (χ0v) is 11.9. The van der Waals surface area contributed by atoms with Crippen molar-refractivity contribution in [3.05, 3.63) is 35.6 Å². The second kappa shape index (κ2) is 6.47. The largest absolute Gasteiger partial charge is 0.349 e. The summed E-state index contributed by atoms with van der Waals surface area (Å²) in [7, 11) is 1.71. The number of aryl methyl sites for hydroxylation is 1. The first-order valence-corrected chi connectivity index (χ1v) is 6.95. The summed E-state index contributed by atoms with van der Waals surface area (Å²) < 4.78 is 14.3. The van der Waals surface area contributed by atoms with Crippen LogP contribution in [0.15, 0.2) is 29.4 Å². The van der Waals surface area contributed by atoms with Crippen molar-refractivity contribution in [3.8, 4) is 0 Å². The average Bonchev–Trinajstić information content (AvgIpc) is 2.82. The van der Waals surface area contributed by atoms with Crippen LogP contribution in [-0.2, 0) is 11.8 Å². The fraction of sp³-hybridized carbons (Fsp3) is 0.333. The summed E-state index contributed by atoms with van der Waals surface area (Å²) in [5.74, 6) is -0.202. The van der Waals surface area contributed by atoms with Crippen LogP contribution in [0, 0.1) is 5.82 Å². The Bertz CT molecular complexity index is 586. The monoisotopic (exact) mass is 295 g/mol. The molecule has 0 aliphatic rings. The lowest BCUT2D eigenvalue weighted by atomic mass is 10.1. The lowest BCUT2D eigenvalue weighted by Crippen LogP contribution is -2.28. The maximum atomic E-state index is 12.8. The van der Waals surface area contributed by atoms with E-state index in [-0.39, 0.29) is 23.5 Å². The van der Waals surface area contributed by atoms with E-state index < -0.39 is 0 Å². The summed E-state index contributed by atoms with van der Waals surface area (Å²) in [4.78, 5) is 11.8. The fourth-order valence-electron chi connectivity index (χ4n) is 1.59. The van der Waals surface area contributed by atoms with Gasteiger partial charge in [-0.05, 0) is 35.0 Å². The molecule has 0 bridgehead atoms. The summed E-state index contributed by atoms with van der Waals surface area (Å²) in [6.07, 6.45) is 0. The lowest BCUT2D eigenvalue weighted by molar-refractivity contribution is -0.119. The Morgan fingerprint density at radius 2 is 2.15 bits per heavy atom. The molecule has 6 nitrogen and oxygen atoms in total. The maximum absolute atomic E-state index is 12.8. The quantitative estimate of drug-likeness (QED) is 0.842. The van der Waals surface area contributed by atoms with Gasteiger partial charge in [-0.2, -0.15) is 0 Å². The van der Waals surface area contributed by atoms with Crippen LogP contribution in [0.5, 0.6) is 0 Å². The zero-order chi connectivity index (χ0) is 14.5. The molecule has 0 saturated carbocycles. The summed E-state index contributed by atoms with van der Waals surface area (Å²) >= 11 is 1.26. The molecule has 0 spiro atoms. The van der Waals surface area contributed by atoms with Gasteiger partial charge in [0.15, 0.2) is 0 Å². The van der Waals surface area contributed by atoms with E-state index in [9.17, 15) is 9.18 Å². The normalized spacial score (nSPS) is 12.2. The van der Waals surface area contributed by atoms with Crippen molar-refractivity contribution in [2.45, 2.75) is 18.1 Å². The third-order valence-corrected chi connectivity index (χ3v) is 3.67. The molecule has 1 aromatic heterocycles.